The Kier molecular flexibility index (Phi) is 4.42. The molecule has 0 bridgehead atoms. The molecular formula is C15H14F2N2O. The summed E-state index contributed by atoms with van der Waals surface area (Å²) in [7, 11) is 0. The molecule has 5 heteroatoms. The zero-order valence-electron chi connectivity index (χ0n) is 10.7. The Labute approximate surface area is 115 Å². The highest BCUT2D eigenvalue weighted by Gasteiger charge is 2.07. The van der Waals surface area contributed by atoms with Crippen LogP contribution in [-0.4, -0.2) is 5.91 Å². The Morgan fingerprint density at radius 3 is 2.25 bits per heavy atom. The fraction of sp³-hybridized carbons (Fsp3) is 0.133. The average Bonchev–Trinajstić information content (AvgIpc) is 2.48. The first kappa shape index (κ1) is 14.1. The number of hydrogen-bond donors (Lipinski definition) is 2. The summed E-state index contributed by atoms with van der Waals surface area (Å²) >= 11 is 0. The van der Waals surface area contributed by atoms with Gasteiger partial charge in [-0.25, -0.2) is 8.78 Å². The molecular weight excluding hydrogens is 262 g/mol. The van der Waals surface area contributed by atoms with E-state index in [0.29, 0.717) is 17.7 Å². The molecule has 0 saturated carbocycles. The van der Waals surface area contributed by atoms with E-state index >= 15 is 0 Å². The molecule has 3 nitrogen and oxygen atoms in total. The standard InChI is InChI=1S/C15H14F2N2O/c16-13-6-3-11(7-14(13)17)9-19-15(20)12-4-1-10(8-18)2-5-12/h1-7H,8-9,18H2,(H,19,20). The van der Waals surface area contributed by atoms with Crippen molar-refractivity contribution in [2.75, 3.05) is 0 Å². The van der Waals surface area contributed by atoms with Crippen molar-refractivity contribution < 1.29 is 13.6 Å². The van der Waals surface area contributed by atoms with E-state index < -0.39 is 11.6 Å². The summed E-state index contributed by atoms with van der Waals surface area (Å²) in [6, 6.07) is 10.4. The van der Waals surface area contributed by atoms with Crippen LogP contribution in [0.2, 0.25) is 0 Å². The van der Waals surface area contributed by atoms with Gasteiger partial charge in [0.1, 0.15) is 0 Å². The van der Waals surface area contributed by atoms with E-state index in [2.05, 4.69) is 5.32 Å². The Bertz CT molecular complexity index is 612. The van der Waals surface area contributed by atoms with Crippen molar-refractivity contribution in [1.29, 1.82) is 0 Å². The lowest BCUT2D eigenvalue weighted by Crippen LogP contribution is -2.22. The van der Waals surface area contributed by atoms with E-state index in [9.17, 15) is 13.6 Å². The molecule has 3 N–H and O–H groups in total. The normalized spacial score (nSPS) is 10.3. The zero-order valence-corrected chi connectivity index (χ0v) is 10.7. The van der Waals surface area contributed by atoms with Crippen molar-refractivity contribution in [2.24, 2.45) is 5.73 Å². The third-order valence-corrected chi connectivity index (χ3v) is 2.89. The van der Waals surface area contributed by atoms with Gasteiger partial charge < -0.3 is 11.1 Å². The summed E-state index contributed by atoms with van der Waals surface area (Å²) in [5, 5.41) is 2.64. The van der Waals surface area contributed by atoms with Crippen molar-refractivity contribution in [2.45, 2.75) is 13.1 Å². The minimum absolute atomic E-state index is 0.134. The molecule has 0 aromatic heterocycles. The SMILES string of the molecule is NCc1ccc(C(=O)NCc2ccc(F)c(F)c2)cc1. The number of nitrogens with one attached hydrogen (secondary N) is 1. The molecule has 0 unspecified atom stereocenters. The number of rotatable bonds is 4. The molecule has 0 saturated heterocycles. The molecule has 2 aromatic carbocycles. The van der Waals surface area contributed by atoms with Crippen molar-refractivity contribution in [3.8, 4) is 0 Å². The molecule has 2 rings (SSSR count). The van der Waals surface area contributed by atoms with Crippen molar-refractivity contribution >= 4 is 5.91 Å². The second kappa shape index (κ2) is 6.25. The minimum Gasteiger partial charge on any atom is -0.348 e. The van der Waals surface area contributed by atoms with Crippen molar-refractivity contribution in [3.63, 3.8) is 0 Å². The maximum Gasteiger partial charge on any atom is 0.251 e. The topological polar surface area (TPSA) is 55.1 Å². The van der Waals surface area contributed by atoms with Gasteiger partial charge in [-0.3, -0.25) is 4.79 Å². The molecule has 0 spiro atoms. The fourth-order valence-corrected chi connectivity index (χ4v) is 1.73. The van der Waals surface area contributed by atoms with Crippen LogP contribution in [0, 0.1) is 11.6 Å². The number of nitrogens with two attached hydrogens (primary N) is 1. The molecule has 2 aromatic rings. The van der Waals surface area contributed by atoms with Gasteiger partial charge in [0, 0.05) is 18.7 Å². The van der Waals surface area contributed by atoms with Gasteiger partial charge in [-0.2, -0.15) is 0 Å². The quantitative estimate of drug-likeness (QED) is 0.900. The predicted octanol–water partition coefficient (Wildman–Crippen LogP) is 2.35. The third kappa shape index (κ3) is 3.39. The molecule has 20 heavy (non-hydrogen) atoms. The minimum atomic E-state index is -0.927. The molecule has 0 heterocycles. The van der Waals surface area contributed by atoms with Crippen LogP contribution in [0.25, 0.3) is 0 Å². The number of hydrogen-bond acceptors (Lipinski definition) is 2. The highest BCUT2D eigenvalue weighted by Crippen LogP contribution is 2.09. The van der Waals surface area contributed by atoms with Crippen molar-refractivity contribution in [3.05, 3.63) is 70.8 Å². The number of carbonyl (C=O) groups excluding carboxylic acids is 1. The van der Waals surface area contributed by atoms with Crippen LogP contribution in [0.5, 0.6) is 0 Å². The van der Waals surface area contributed by atoms with Gasteiger partial charge in [0.25, 0.3) is 5.91 Å². The van der Waals surface area contributed by atoms with Crippen molar-refractivity contribution in [1.82, 2.24) is 5.32 Å². The molecule has 0 fully saturated rings. The highest BCUT2D eigenvalue weighted by molar-refractivity contribution is 5.94. The smallest absolute Gasteiger partial charge is 0.251 e. The lowest BCUT2D eigenvalue weighted by molar-refractivity contribution is 0.0951. The zero-order chi connectivity index (χ0) is 14.5. The van der Waals surface area contributed by atoms with Crippen LogP contribution in [-0.2, 0) is 13.1 Å². The number of benzene rings is 2. The predicted molar refractivity (Wildman–Crippen MR) is 71.9 cm³/mol. The van der Waals surface area contributed by atoms with Crippen LogP contribution in [0.3, 0.4) is 0 Å². The number of amides is 1. The van der Waals surface area contributed by atoms with Gasteiger partial charge in [0.2, 0.25) is 0 Å². The van der Waals surface area contributed by atoms with Gasteiger partial charge in [-0.15, -0.1) is 0 Å². The van der Waals surface area contributed by atoms with E-state index in [1.807, 2.05) is 0 Å². The monoisotopic (exact) mass is 276 g/mol. The summed E-state index contributed by atoms with van der Waals surface area (Å²) < 4.78 is 25.8. The first-order valence-electron chi connectivity index (χ1n) is 6.11. The van der Waals surface area contributed by atoms with E-state index in [4.69, 9.17) is 5.73 Å². The van der Waals surface area contributed by atoms with Crippen LogP contribution in [0.15, 0.2) is 42.5 Å². The van der Waals surface area contributed by atoms with E-state index in [1.54, 1.807) is 24.3 Å². The van der Waals surface area contributed by atoms with Crippen LogP contribution in [0.4, 0.5) is 8.78 Å². The lowest BCUT2D eigenvalue weighted by atomic mass is 10.1. The molecule has 0 radical (unpaired) electrons. The summed E-state index contributed by atoms with van der Waals surface area (Å²) in [6.45, 7) is 0.547. The Hall–Kier alpha value is -2.27. The molecule has 0 aliphatic carbocycles. The molecule has 104 valence electrons. The Morgan fingerprint density at radius 1 is 1.00 bits per heavy atom. The summed E-state index contributed by atoms with van der Waals surface area (Å²) in [5.74, 6) is -2.11. The van der Waals surface area contributed by atoms with Gasteiger partial charge in [0.15, 0.2) is 11.6 Å². The van der Waals surface area contributed by atoms with Gasteiger partial charge in [-0.05, 0) is 35.4 Å². The molecule has 0 aliphatic heterocycles. The summed E-state index contributed by atoms with van der Waals surface area (Å²) in [4.78, 5) is 11.9. The number of halogens is 2. The number of carbonyl (C=O) groups is 1. The van der Waals surface area contributed by atoms with Crippen LogP contribution in [0.1, 0.15) is 21.5 Å². The molecule has 0 aliphatic rings. The van der Waals surface area contributed by atoms with Crippen LogP contribution >= 0.6 is 0 Å². The molecule has 1 amide bonds. The molecule has 0 atom stereocenters. The Balaban J connectivity index is 1.98. The third-order valence-electron chi connectivity index (χ3n) is 2.89. The van der Waals surface area contributed by atoms with Crippen LogP contribution < -0.4 is 11.1 Å². The van der Waals surface area contributed by atoms with E-state index in [1.165, 1.54) is 6.07 Å². The maximum atomic E-state index is 13.0. The average molecular weight is 276 g/mol. The van der Waals surface area contributed by atoms with Gasteiger partial charge in [-0.1, -0.05) is 18.2 Å². The second-order valence-electron chi connectivity index (χ2n) is 4.33. The fourth-order valence-electron chi connectivity index (χ4n) is 1.73. The van der Waals surface area contributed by atoms with E-state index in [-0.39, 0.29) is 12.5 Å². The maximum absolute atomic E-state index is 13.0. The van der Waals surface area contributed by atoms with Gasteiger partial charge in [0.05, 0.1) is 0 Å². The Morgan fingerprint density at radius 2 is 1.65 bits per heavy atom. The van der Waals surface area contributed by atoms with Gasteiger partial charge >= 0.3 is 0 Å². The first-order valence-corrected chi connectivity index (χ1v) is 6.11. The summed E-state index contributed by atoms with van der Waals surface area (Å²) in [5.41, 5.74) is 7.39. The van der Waals surface area contributed by atoms with E-state index in [0.717, 1.165) is 17.7 Å². The first-order chi connectivity index (χ1) is 9.60. The highest BCUT2D eigenvalue weighted by atomic mass is 19.2. The summed E-state index contributed by atoms with van der Waals surface area (Å²) in [6.07, 6.45) is 0. The largest absolute Gasteiger partial charge is 0.348 e. The second-order valence-corrected chi connectivity index (χ2v) is 4.33. The lowest BCUT2D eigenvalue weighted by Gasteiger charge is -2.06.